The minimum Gasteiger partial charge on any atom is -0.490 e. The molecule has 1 heterocycles. The second-order valence-electron chi connectivity index (χ2n) is 7.99. The molecule has 0 atom stereocenters. The van der Waals surface area contributed by atoms with Crippen molar-refractivity contribution in [1.29, 1.82) is 0 Å². The molecule has 1 aliphatic rings. The molecule has 0 N–H and O–H groups in total. The molecule has 0 unspecified atom stereocenters. The van der Waals surface area contributed by atoms with Crippen LogP contribution >= 0.6 is 57.6 Å². The second-order valence-corrected chi connectivity index (χ2v) is 11.0. The van der Waals surface area contributed by atoms with E-state index in [4.69, 9.17) is 32.7 Å². The van der Waals surface area contributed by atoms with Crippen molar-refractivity contribution in [2.75, 3.05) is 6.61 Å². The maximum atomic E-state index is 13.0. The van der Waals surface area contributed by atoms with Crippen LogP contribution in [-0.2, 0) is 17.9 Å². The van der Waals surface area contributed by atoms with Gasteiger partial charge in [0.05, 0.1) is 36.6 Å². The van der Waals surface area contributed by atoms with Crippen molar-refractivity contribution >= 4 is 80.5 Å². The molecule has 0 spiro atoms. The number of ether oxygens (including phenoxy) is 2. The van der Waals surface area contributed by atoms with Gasteiger partial charge in [-0.25, -0.2) is 0 Å². The zero-order valence-corrected chi connectivity index (χ0v) is 24.3. The highest BCUT2D eigenvalue weighted by Crippen LogP contribution is 2.38. The number of nitrogens with zero attached hydrogens (tertiary/aromatic N) is 2. The minimum absolute atomic E-state index is 0.00377. The number of hydrogen-bond donors (Lipinski definition) is 0. The van der Waals surface area contributed by atoms with E-state index in [2.05, 4.69) is 22.6 Å². The van der Waals surface area contributed by atoms with Crippen molar-refractivity contribution in [2.24, 2.45) is 0 Å². The highest BCUT2D eigenvalue weighted by atomic mass is 127. The summed E-state index contributed by atoms with van der Waals surface area (Å²) in [6, 6.07) is 14.6. The lowest BCUT2D eigenvalue weighted by Crippen LogP contribution is -2.27. The lowest BCUT2D eigenvalue weighted by molar-refractivity contribution is -0.384. The molecule has 3 aromatic rings. The molecule has 2 amide bonds. The van der Waals surface area contributed by atoms with Gasteiger partial charge in [0.2, 0.25) is 0 Å². The molecule has 12 heteroatoms. The van der Waals surface area contributed by atoms with Gasteiger partial charge in [0.1, 0.15) is 6.61 Å². The van der Waals surface area contributed by atoms with Crippen molar-refractivity contribution in [3.63, 3.8) is 0 Å². The predicted octanol–water partition coefficient (Wildman–Crippen LogP) is 7.72. The van der Waals surface area contributed by atoms with Gasteiger partial charge in [0.25, 0.3) is 16.8 Å². The topological polar surface area (TPSA) is 99.0 Å². The van der Waals surface area contributed by atoms with Gasteiger partial charge >= 0.3 is 0 Å². The summed E-state index contributed by atoms with van der Waals surface area (Å²) in [5.41, 5.74) is 2.11. The summed E-state index contributed by atoms with van der Waals surface area (Å²) in [5.74, 6) is 0.579. The number of nitro benzene ring substituents is 1. The zero-order valence-electron chi connectivity index (χ0n) is 19.8. The molecule has 1 fully saturated rings. The number of imide groups is 1. The fourth-order valence-electron chi connectivity index (χ4n) is 3.55. The first-order valence-electron chi connectivity index (χ1n) is 11.2. The van der Waals surface area contributed by atoms with E-state index in [1.807, 2.05) is 13.0 Å². The van der Waals surface area contributed by atoms with E-state index >= 15 is 0 Å². The Morgan fingerprint density at radius 2 is 1.74 bits per heavy atom. The van der Waals surface area contributed by atoms with Crippen molar-refractivity contribution in [3.05, 3.63) is 99.9 Å². The van der Waals surface area contributed by atoms with Gasteiger partial charge in [0.15, 0.2) is 11.5 Å². The molecule has 196 valence electrons. The molecular weight excluding hydrogens is 666 g/mol. The van der Waals surface area contributed by atoms with Gasteiger partial charge in [-0.2, -0.15) is 0 Å². The Labute approximate surface area is 246 Å². The summed E-state index contributed by atoms with van der Waals surface area (Å²) < 4.78 is 12.5. The van der Waals surface area contributed by atoms with Crippen LogP contribution in [0.1, 0.15) is 23.6 Å². The van der Waals surface area contributed by atoms with Crippen LogP contribution in [0.15, 0.2) is 59.5 Å². The van der Waals surface area contributed by atoms with Crippen LogP contribution in [0.25, 0.3) is 6.08 Å². The average Bonchev–Trinajstić information content (AvgIpc) is 3.13. The number of halogens is 3. The highest BCUT2D eigenvalue weighted by molar-refractivity contribution is 14.1. The SMILES string of the molecule is CCOc1cc(/C=C2\SC(=O)N(Cc3ccc(Cl)c(Cl)c3)C2=O)cc(I)c1OCc1ccc([N+](=O)[O-])cc1. The number of benzene rings is 3. The summed E-state index contributed by atoms with van der Waals surface area (Å²) in [6.07, 6.45) is 1.64. The number of thioether (sulfide) groups is 1. The Kier molecular flexibility index (Phi) is 9.19. The van der Waals surface area contributed by atoms with Crippen LogP contribution in [0.4, 0.5) is 10.5 Å². The normalized spacial score (nSPS) is 14.3. The summed E-state index contributed by atoms with van der Waals surface area (Å²) >= 11 is 15.0. The van der Waals surface area contributed by atoms with Crippen LogP contribution in [0.2, 0.25) is 10.0 Å². The van der Waals surface area contributed by atoms with E-state index in [0.717, 1.165) is 25.8 Å². The van der Waals surface area contributed by atoms with Gasteiger partial charge in [-0.3, -0.25) is 24.6 Å². The first-order chi connectivity index (χ1) is 18.2. The van der Waals surface area contributed by atoms with Crippen molar-refractivity contribution in [1.82, 2.24) is 4.90 Å². The van der Waals surface area contributed by atoms with Gasteiger partial charge in [-0.05, 0) is 100 Å². The number of carbonyl (C=O) groups is 2. The highest BCUT2D eigenvalue weighted by Gasteiger charge is 2.35. The van der Waals surface area contributed by atoms with Crippen molar-refractivity contribution < 1.29 is 24.0 Å². The monoisotopic (exact) mass is 684 g/mol. The van der Waals surface area contributed by atoms with E-state index in [1.165, 1.54) is 12.1 Å². The van der Waals surface area contributed by atoms with E-state index in [1.54, 1.807) is 42.5 Å². The third-order valence-electron chi connectivity index (χ3n) is 5.36. The number of non-ortho nitro benzene ring substituents is 1. The van der Waals surface area contributed by atoms with E-state index in [-0.39, 0.29) is 29.0 Å². The fourth-order valence-corrected chi connectivity index (χ4v) is 5.49. The third kappa shape index (κ3) is 6.60. The lowest BCUT2D eigenvalue weighted by atomic mass is 10.1. The molecule has 1 saturated heterocycles. The van der Waals surface area contributed by atoms with Gasteiger partial charge in [0, 0.05) is 12.1 Å². The van der Waals surface area contributed by atoms with E-state index in [0.29, 0.717) is 39.3 Å². The Morgan fingerprint density at radius 3 is 2.39 bits per heavy atom. The minimum atomic E-state index is -0.457. The molecule has 4 rings (SSSR count). The number of hydrogen-bond acceptors (Lipinski definition) is 7. The molecule has 1 aliphatic heterocycles. The quantitative estimate of drug-likeness (QED) is 0.0985. The van der Waals surface area contributed by atoms with Crippen molar-refractivity contribution in [2.45, 2.75) is 20.1 Å². The van der Waals surface area contributed by atoms with E-state index in [9.17, 15) is 19.7 Å². The summed E-state index contributed by atoms with van der Waals surface area (Å²) in [6.45, 7) is 2.48. The molecule has 0 saturated carbocycles. The maximum absolute atomic E-state index is 13.0. The Balaban J connectivity index is 1.53. The van der Waals surface area contributed by atoms with Crippen LogP contribution in [0.5, 0.6) is 11.5 Å². The molecular formula is C26H19Cl2IN2O6S. The van der Waals surface area contributed by atoms with Gasteiger partial charge < -0.3 is 9.47 Å². The molecule has 3 aromatic carbocycles. The Bertz CT molecular complexity index is 1450. The zero-order chi connectivity index (χ0) is 27.4. The number of rotatable bonds is 9. The van der Waals surface area contributed by atoms with Gasteiger partial charge in [-0.1, -0.05) is 29.3 Å². The van der Waals surface area contributed by atoms with Crippen LogP contribution in [0.3, 0.4) is 0 Å². The maximum Gasteiger partial charge on any atom is 0.293 e. The summed E-state index contributed by atoms with van der Waals surface area (Å²) in [4.78, 5) is 37.5. The van der Waals surface area contributed by atoms with Crippen LogP contribution in [-0.4, -0.2) is 27.6 Å². The molecule has 0 aromatic heterocycles. The third-order valence-corrected chi connectivity index (χ3v) is 7.81. The summed E-state index contributed by atoms with van der Waals surface area (Å²) in [7, 11) is 0. The van der Waals surface area contributed by atoms with E-state index < -0.39 is 10.8 Å². The van der Waals surface area contributed by atoms with Crippen LogP contribution in [0, 0.1) is 13.7 Å². The number of nitro groups is 1. The van der Waals surface area contributed by atoms with Crippen LogP contribution < -0.4 is 9.47 Å². The average molecular weight is 685 g/mol. The molecule has 8 nitrogen and oxygen atoms in total. The molecule has 0 bridgehead atoms. The Morgan fingerprint density at radius 1 is 1.03 bits per heavy atom. The number of carbonyl (C=O) groups excluding carboxylic acids is 2. The number of amides is 2. The smallest absolute Gasteiger partial charge is 0.293 e. The fraction of sp³-hybridized carbons (Fsp3) is 0.154. The molecule has 0 aliphatic carbocycles. The Hall–Kier alpha value is -2.80. The standard InChI is InChI=1S/C26H19Cl2IN2O6S/c1-2-36-22-11-17(10-21(29)24(22)37-14-15-3-6-18(7-4-15)31(34)35)12-23-25(32)30(26(33)38-23)13-16-5-8-19(27)20(28)9-16/h3-12H,2,13-14H2,1H3/b23-12-. The largest absolute Gasteiger partial charge is 0.490 e. The first kappa shape index (κ1) is 28.2. The first-order valence-corrected chi connectivity index (χ1v) is 13.8. The molecule has 38 heavy (non-hydrogen) atoms. The second kappa shape index (κ2) is 12.4. The lowest BCUT2D eigenvalue weighted by Gasteiger charge is -2.15. The molecule has 0 radical (unpaired) electrons. The summed E-state index contributed by atoms with van der Waals surface area (Å²) in [5, 5.41) is 11.2. The predicted molar refractivity (Wildman–Crippen MR) is 156 cm³/mol. The van der Waals surface area contributed by atoms with Crippen molar-refractivity contribution in [3.8, 4) is 11.5 Å². The van der Waals surface area contributed by atoms with Gasteiger partial charge in [-0.15, -0.1) is 0 Å².